The van der Waals surface area contributed by atoms with Gasteiger partial charge in [-0.15, -0.1) is 0 Å². The molecule has 0 atom stereocenters. The highest BCUT2D eigenvalue weighted by molar-refractivity contribution is 6.31. The molecule has 2 amide bonds. The summed E-state index contributed by atoms with van der Waals surface area (Å²) in [6.45, 7) is 6.41. The number of pyridine rings is 2. The van der Waals surface area contributed by atoms with E-state index in [1.807, 2.05) is 45.3 Å². The van der Waals surface area contributed by atoms with Crippen molar-refractivity contribution in [2.24, 2.45) is 0 Å². The van der Waals surface area contributed by atoms with Crippen LogP contribution < -0.4 is 4.74 Å². The molecular weight excluding hydrogens is 462 g/mol. The molecule has 0 radical (unpaired) electrons. The van der Waals surface area contributed by atoms with Gasteiger partial charge in [-0.3, -0.25) is 4.98 Å². The lowest BCUT2D eigenvalue weighted by atomic mass is 10.0. The van der Waals surface area contributed by atoms with Gasteiger partial charge in [-0.25, -0.2) is 9.78 Å². The molecule has 3 aromatic rings. The van der Waals surface area contributed by atoms with Crippen LogP contribution in [-0.4, -0.2) is 65.9 Å². The van der Waals surface area contributed by atoms with E-state index in [0.717, 1.165) is 39.0 Å². The molecule has 8 heteroatoms. The Bertz CT molecular complexity index is 1270. The van der Waals surface area contributed by atoms with Crippen molar-refractivity contribution >= 4 is 34.2 Å². The van der Waals surface area contributed by atoms with Gasteiger partial charge in [-0.1, -0.05) is 36.4 Å². The maximum absolute atomic E-state index is 12.3. The predicted molar refractivity (Wildman–Crippen MR) is 142 cm³/mol. The Morgan fingerprint density at radius 2 is 1.89 bits per heavy atom. The molecule has 2 heterocycles. The van der Waals surface area contributed by atoms with Crippen LogP contribution in [0.4, 0.5) is 4.79 Å². The molecule has 0 bridgehead atoms. The summed E-state index contributed by atoms with van der Waals surface area (Å²) >= 11 is 6.51. The van der Waals surface area contributed by atoms with Gasteiger partial charge in [0.2, 0.25) is 0 Å². The molecule has 184 valence electrons. The number of ether oxygens (including phenoxy) is 1. The molecule has 0 aliphatic heterocycles. The van der Waals surface area contributed by atoms with E-state index < -0.39 is 0 Å². The third kappa shape index (κ3) is 5.92. The van der Waals surface area contributed by atoms with E-state index in [1.54, 1.807) is 44.5 Å². The predicted octanol–water partition coefficient (Wildman–Crippen LogP) is 5.37. The average molecular weight is 494 g/mol. The van der Waals surface area contributed by atoms with Crippen molar-refractivity contribution in [3.05, 3.63) is 82.8 Å². The van der Waals surface area contributed by atoms with E-state index >= 15 is 0 Å². The fourth-order valence-electron chi connectivity index (χ4n) is 3.88. The van der Waals surface area contributed by atoms with E-state index in [-0.39, 0.29) is 12.6 Å². The highest BCUT2D eigenvalue weighted by Crippen LogP contribution is 2.32. The van der Waals surface area contributed by atoms with Gasteiger partial charge in [0.1, 0.15) is 17.9 Å². The molecule has 1 aromatic carbocycles. The van der Waals surface area contributed by atoms with Crippen LogP contribution in [0.1, 0.15) is 22.4 Å². The number of aryl methyl sites for hydroxylation is 1. The van der Waals surface area contributed by atoms with Crippen LogP contribution in [-0.2, 0) is 13.2 Å². The molecule has 0 aliphatic carbocycles. The smallest absolute Gasteiger partial charge is 0.319 e. The third-order valence-corrected chi connectivity index (χ3v) is 5.87. The maximum atomic E-state index is 12.3. The highest BCUT2D eigenvalue weighted by Gasteiger charge is 2.17. The van der Waals surface area contributed by atoms with Crippen LogP contribution in [0.3, 0.4) is 0 Å². The summed E-state index contributed by atoms with van der Waals surface area (Å²) in [5.74, 6) is 0.653. The summed E-state index contributed by atoms with van der Waals surface area (Å²) < 4.78 is 6.28. The van der Waals surface area contributed by atoms with Crippen LogP contribution in [0.15, 0.2) is 55.4 Å². The highest BCUT2D eigenvalue weighted by atomic mass is 35.5. The van der Waals surface area contributed by atoms with Crippen molar-refractivity contribution in [1.82, 2.24) is 24.7 Å². The number of benzene rings is 1. The zero-order valence-corrected chi connectivity index (χ0v) is 21.9. The van der Waals surface area contributed by atoms with Crippen molar-refractivity contribution in [2.75, 3.05) is 35.2 Å². The van der Waals surface area contributed by atoms with Gasteiger partial charge in [0.05, 0.1) is 5.02 Å². The quantitative estimate of drug-likeness (QED) is 0.395. The number of amides is 2. The Balaban J connectivity index is 1.98. The molecule has 0 N–H and O–H groups in total. The molecular formula is C27H32ClN5O2. The zero-order chi connectivity index (χ0) is 25.7. The van der Waals surface area contributed by atoms with Gasteiger partial charge in [0, 0.05) is 82.1 Å². The second kappa shape index (κ2) is 11.2. The molecule has 0 spiro atoms. The fourth-order valence-corrected chi connectivity index (χ4v) is 4.12. The molecule has 7 nitrogen and oxygen atoms in total. The number of para-hydroxylation sites is 1. The standard InChI is InChI=1S/C27H32ClN5O2/c1-8-10-24(31(3)4)21-13-18(2)30-26-20(21)11-9-12-25(26)35-17-22-19(14-29-15-23(22)28)16-33(7)27(34)32(5)6/h8-15H,1,16-17H2,2-7H3/b24-10-. The Labute approximate surface area is 212 Å². The normalized spacial score (nSPS) is 11.3. The second-order valence-electron chi connectivity index (χ2n) is 8.73. The summed E-state index contributed by atoms with van der Waals surface area (Å²) in [5, 5.41) is 1.47. The Hall–Kier alpha value is -3.58. The van der Waals surface area contributed by atoms with Crippen LogP contribution in [0.25, 0.3) is 16.6 Å². The number of carbonyl (C=O) groups is 1. The average Bonchev–Trinajstić information content (AvgIpc) is 2.81. The third-order valence-electron chi connectivity index (χ3n) is 5.55. The van der Waals surface area contributed by atoms with Gasteiger partial charge in [-0.05, 0) is 30.7 Å². The SMILES string of the molecule is C=C/C=C(/c1cc(C)nc2c(OCc3c(Cl)cncc3CN(C)C(=O)N(C)C)cccc12)N(C)C. The summed E-state index contributed by atoms with van der Waals surface area (Å²) in [7, 11) is 9.18. The van der Waals surface area contributed by atoms with Crippen LogP contribution in [0.2, 0.25) is 5.02 Å². The lowest BCUT2D eigenvalue weighted by Gasteiger charge is -2.23. The van der Waals surface area contributed by atoms with Crippen molar-refractivity contribution in [3.8, 4) is 5.75 Å². The number of allylic oxidation sites excluding steroid dienone is 2. The van der Waals surface area contributed by atoms with Gasteiger partial charge >= 0.3 is 6.03 Å². The van der Waals surface area contributed by atoms with Crippen LogP contribution in [0.5, 0.6) is 5.75 Å². The molecule has 3 rings (SSSR count). The van der Waals surface area contributed by atoms with Gasteiger partial charge in [0.15, 0.2) is 0 Å². The fraction of sp³-hybridized carbons (Fsp3) is 0.296. The van der Waals surface area contributed by atoms with E-state index in [4.69, 9.17) is 21.3 Å². The van der Waals surface area contributed by atoms with E-state index in [9.17, 15) is 4.79 Å². The number of rotatable bonds is 8. The Morgan fingerprint density at radius 3 is 2.54 bits per heavy atom. The minimum Gasteiger partial charge on any atom is -0.487 e. The monoisotopic (exact) mass is 493 g/mol. The number of nitrogens with zero attached hydrogens (tertiary/aromatic N) is 5. The maximum Gasteiger partial charge on any atom is 0.319 e. The Kier molecular flexibility index (Phi) is 8.35. The van der Waals surface area contributed by atoms with E-state index in [0.29, 0.717) is 17.3 Å². The number of halogens is 1. The minimum atomic E-state index is -0.109. The van der Waals surface area contributed by atoms with Gasteiger partial charge in [0.25, 0.3) is 0 Å². The molecule has 0 aliphatic rings. The number of hydrogen-bond acceptors (Lipinski definition) is 5. The number of urea groups is 1. The van der Waals surface area contributed by atoms with E-state index in [2.05, 4.69) is 22.5 Å². The minimum absolute atomic E-state index is 0.109. The van der Waals surface area contributed by atoms with Crippen molar-refractivity contribution in [3.63, 3.8) is 0 Å². The summed E-state index contributed by atoms with van der Waals surface area (Å²) in [6.07, 6.45) is 7.07. The van der Waals surface area contributed by atoms with Crippen LogP contribution >= 0.6 is 11.6 Å². The number of carbonyl (C=O) groups excluding carboxylic acids is 1. The second-order valence-corrected chi connectivity index (χ2v) is 9.13. The first-order valence-corrected chi connectivity index (χ1v) is 11.6. The largest absolute Gasteiger partial charge is 0.487 e. The molecule has 0 saturated heterocycles. The van der Waals surface area contributed by atoms with Gasteiger partial charge < -0.3 is 19.4 Å². The lowest BCUT2D eigenvalue weighted by molar-refractivity contribution is 0.179. The summed E-state index contributed by atoms with van der Waals surface area (Å²) in [4.78, 5) is 26.5. The van der Waals surface area contributed by atoms with Crippen molar-refractivity contribution < 1.29 is 9.53 Å². The first-order valence-electron chi connectivity index (χ1n) is 11.2. The number of hydrogen-bond donors (Lipinski definition) is 0. The zero-order valence-electron chi connectivity index (χ0n) is 21.2. The molecule has 2 aromatic heterocycles. The first kappa shape index (κ1) is 26.0. The van der Waals surface area contributed by atoms with Crippen LogP contribution in [0, 0.1) is 6.92 Å². The summed E-state index contributed by atoms with van der Waals surface area (Å²) in [6, 6.07) is 7.86. The summed E-state index contributed by atoms with van der Waals surface area (Å²) in [5.41, 5.74) is 5.34. The van der Waals surface area contributed by atoms with Gasteiger partial charge in [-0.2, -0.15) is 0 Å². The first-order chi connectivity index (χ1) is 16.6. The topological polar surface area (TPSA) is 61.8 Å². The number of aromatic nitrogens is 2. The van der Waals surface area contributed by atoms with Crippen molar-refractivity contribution in [2.45, 2.75) is 20.1 Å². The molecule has 0 unspecified atom stereocenters. The molecule has 35 heavy (non-hydrogen) atoms. The Morgan fingerprint density at radius 1 is 1.14 bits per heavy atom. The molecule has 0 saturated carbocycles. The van der Waals surface area contributed by atoms with Crippen molar-refractivity contribution in [1.29, 1.82) is 0 Å². The van der Waals surface area contributed by atoms with E-state index in [1.165, 1.54) is 4.90 Å². The number of fused-ring (bicyclic) bond motifs is 1. The lowest BCUT2D eigenvalue weighted by Crippen LogP contribution is -2.36. The molecule has 0 fully saturated rings.